The number of aliphatic hydroxyl groups is 1. The van der Waals surface area contributed by atoms with E-state index in [9.17, 15) is 13.9 Å². The predicted molar refractivity (Wildman–Crippen MR) is 73.9 cm³/mol. The molecule has 0 aliphatic carbocycles. The Labute approximate surface area is 122 Å². The molecule has 1 aliphatic rings. The third kappa shape index (κ3) is 3.25. The largest absolute Gasteiger partial charge is 0.507 e. The molecule has 2 rings (SSSR count). The molecule has 21 heavy (non-hydrogen) atoms. The van der Waals surface area contributed by atoms with Crippen molar-refractivity contribution in [2.24, 2.45) is 0 Å². The Bertz CT molecular complexity index is 479. The Morgan fingerprint density at radius 3 is 2.62 bits per heavy atom. The number of ether oxygens (including phenoxy) is 1. The highest BCUT2D eigenvalue weighted by molar-refractivity contribution is 5.47. The van der Waals surface area contributed by atoms with Crippen molar-refractivity contribution in [3.63, 3.8) is 0 Å². The van der Waals surface area contributed by atoms with E-state index >= 15 is 0 Å². The Morgan fingerprint density at radius 1 is 1.38 bits per heavy atom. The van der Waals surface area contributed by atoms with E-state index in [4.69, 9.17) is 9.84 Å². The number of phenolic OH excluding ortho intramolecular Hbond substituents is 1. The third-order valence-corrected chi connectivity index (χ3v) is 3.66. The molecule has 5 nitrogen and oxygen atoms in total. The molecule has 1 atom stereocenters. The molecule has 118 valence electrons. The van der Waals surface area contributed by atoms with Crippen LogP contribution in [0.1, 0.15) is 11.6 Å². The number of hydrogen-bond donors (Lipinski definition) is 3. The average molecular weight is 302 g/mol. The standard InChI is InChI=1S/C14H20F2N2O3/c1-21-11-4-2-3-10(20)12(11)13(14(15,16)9-19)18-7-5-17-6-8-18/h2-4,13,17,19-20H,5-9H2,1H3/t13-/m1/s1. The van der Waals surface area contributed by atoms with Gasteiger partial charge in [-0.1, -0.05) is 6.07 Å². The summed E-state index contributed by atoms with van der Waals surface area (Å²) in [4.78, 5) is 1.56. The zero-order valence-electron chi connectivity index (χ0n) is 11.9. The molecule has 0 saturated carbocycles. The number of methoxy groups -OCH3 is 1. The zero-order valence-corrected chi connectivity index (χ0v) is 11.9. The van der Waals surface area contributed by atoms with Crippen molar-refractivity contribution in [2.45, 2.75) is 12.0 Å². The maximum absolute atomic E-state index is 14.3. The van der Waals surface area contributed by atoms with E-state index in [2.05, 4.69) is 5.32 Å². The number of piperazine rings is 1. The summed E-state index contributed by atoms with van der Waals surface area (Å²) in [5.41, 5.74) is 0.0148. The topological polar surface area (TPSA) is 65.0 Å². The summed E-state index contributed by atoms with van der Waals surface area (Å²) in [6.45, 7) is 0.663. The summed E-state index contributed by atoms with van der Waals surface area (Å²) < 4.78 is 33.7. The van der Waals surface area contributed by atoms with Gasteiger partial charge in [0.15, 0.2) is 0 Å². The lowest BCUT2D eigenvalue weighted by Gasteiger charge is -2.39. The number of hydrogen-bond acceptors (Lipinski definition) is 5. The number of aliphatic hydroxyl groups excluding tert-OH is 1. The minimum absolute atomic E-state index is 0.0148. The van der Waals surface area contributed by atoms with Gasteiger partial charge in [0.1, 0.15) is 24.1 Å². The van der Waals surface area contributed by atoms with Gasteiger partial charge in [0.05, 0.1) is 12.7 Å². The van der Waals surface area contributed by atoms with Crippen molar-refractivity contribution in [3.05, 3.63) is 23.8 Å². The predicted octanol–water partition coefficient (Wildman–Crippen LogP) is 0.975. The van der Waals surface area contributed by atoms with Crippen LogP contribution in [-0.4, -0.2) is 60.9 Å². The number of aromatic hydroxyl groups is 1. The van der Waals surface area contributed by atoms with E-state index < -0.39 is 18.6 Å². The van der Waals surface area contributed by atoms with Crippen LogP contribution < -0.4 is 10.1 Å². The van der Waals surface area contributed by atoms with Crippen LogP contribution in [0, 0.1) is 0 Å². The number of halogens is 2. The number of nitrogens with zero attached hydrogens (tertiary/aromatic N) is 1. The molecule has 3 N–H and O–H groups in total. The second-order valence-electron chi connectivity index (χ2n) is 5.00. The summed E-state index contributed by atoms with van der Waals surface area (Å²) in [6.07, 6.45) is 0. The lowest BCUT2D eigenvalue weighted by molar-refractivity contribution is -0.119. The summed E-state index contributed by atoms with van der Waals surface area (Å²) in [6, 6.07) is 2.97. The second-order valence-corrected chi connectivity index (χ2v) is 5.00. The third-order valence-electron chi connectivity index (χ3n) is 3.66. The number of rotatable bonds is 5. The van der Waals surface area contributed by atoms with E-state index in [-0.39, 0.29) is 17.1 Å². The Morgan fingerprint density at radius 2 is 2.05 bits per heavy atom. The van der Waals surface area contributed by atoms with E-state index in [1.807, 2.05) is 0 Å². The lowest BCUT2D eigenvalue weighted by Crippen LogP contribution is -2.51. The van der Waals surface area contributed by atoms with E-state index in [1.54, 1.807) is 4.90 Å². The molecule has 0 amide bonds. The van der Waals surface area contributed by atoms with Crippen molar-refractivity contribution in [1.29, 1.82) is 0 Å². The van der Waals surface area contributed by atoms with Crippen molar-refractivity contribution in [3.8, 4) is 11.5 Å². The normalized spacial score (nSPS) is 18.5. The zero-order chi connectivity index (χ0) is 15.5. The van der Waals surface area contributed by atoms with Gasteiger partial charge in [-0.15, -0.1) is 0 Å². The molecule has 1 aromatic carbocycles. The summed E-state index contributed by atoms with van der Waals surface area (Å²) in [5.74, 6) is -3.46. The fourth-order valence-electron chi connectivity index (χ4n) is 2.67. The molecule has 0 bridgehead atoms. The van der Waals surface area contributed by atoms with Gasteiger partial charge in [-0.3, -0.25) is 4.90 Å². The molecule has 1 aliphatic heterocycles. The number of alkyl halides is 2. The van der Waals surface area contributed by atoms with Gasteiger partial charge in [-0.05, 0) is 12.1 Å². The first-order chi connectivity index (χ1) is 10.0. The molecule has 0 spiro atoms. The van der Waals surface area contributed by atoms with Gasteiger partial charge in [-0.2, -0.15) is 0 Å². The first-order valence-corrected chi connectivity index (χ1v) is 6.80. The lowest BCUT2D eigenvalue weighted by atomic mass is 9.96. The minimum Gasteiger partial charge on any atom is -0.507 e. The van der Waals surface area contributed by atoms with Crippen LogP contribution in [0.2, 0.25) is 0 Å². The van der Waals surface area contributed by atoms with Crippen LogP contribution >= 0.6 is 0 Å². The number of nitrogens with one attached hydrogen (secondary N) is 1. The monoisotopic (exact) mass is 302 g/mol. The molecule has 0 radical (unpaired) electrons. The SMILES string of the molecule is COc1cccc(O)c1[C@@H](N1CCNCC1)C(F)(F)CO. The highest BCUT2D eigenvalue weighted by Gasteiger charge is 2.46. The fourth-order valence-corrected chi connectivity index (χ4v) is 2.67. The van der Waals surface area contributed by atoms with Crippen LogP contribution in [0.5, 0.6) is 11.5 Å². The van der Waals surface area contributed by atoms with Crippen LogP contribution in [0.25, 0.3) is 0 Å². The number of phenols is 1. The van der Waals surface area contributed by atoms with Gasteiger partial charge in [0.2, 0.25) is 0 Å². The van der Waals surface area contributed by atoms with E-state index in [0.717, 1.165) is 0 Å². The van der Waals surface area contributed by atoms with E-state index in [1.165, 1.54) is 25.3 Å². The second kappa shape index (κ2) is 6.55. The maximum Gasteiger partial charge on any atom is 0.290 e. The minimum atomic E-state index is -3.39. The van der Waals surface area contributed by atoms with Crippen molar-refractivity contribution in [1.82, 2.24) is 10.2 Å². The number of benzene rings is 1. The molecule has 1 saturated heterocycles. The molecule has 0 aromatic heterocycles. The van der Waals surface area contributed by atoms with Crippen LogP contribution in [-0.2, 0) is 0 Å². The molecule has 1 heterocycles. The highest BCUT2D eigenvalue weighted by atomic mass is 19.3. The molecular weight excluding hydrogens is 282 g/mol. The molecular formula is C14H20F2N2O3. The van der Waals surface area contributed by atoms with Crippen LogP contribution in [0.3, 0.4) is 0 Å². The van der Waals surface area contributed by atoms with Crippen LogP contribution in [0.4, 0.5) is 8.78 Å². The Hall–Kier alpha value is -1.44. The average Bonchev–Trinajstić information content (AvgIpc) is 2.50. The van der Waals surface area contributed by atoms with Gasteiger partial charge in [0, 0.05) is 26.2 Å². The fraction of sp³-hybridized carbons (Fsp3) is 0.571. The molecule has 1 fully saturated rings. The smallest absolute Gasteiger partial charge is 0.290 e. The quantitative estimate of drug-likeness (QED) is 0.756. The molecule has 1 aromatic rings. The first-order valence-electron chi connectivity index (χ1n) is 6.80. The Balaban J connectivity index is 2.49. The summed E-state index contributed by atoms with van der Waals surface area (Å²) >= 11 is 0. The van der Waals surface area contributed by atoms with Crippen molar-refractivity contribution in [2.75, 3.05) is 39.9 Å². The highest BCUT2D eigenvalue weighted by Crippen LogP contribution is 2.44. The van der Waals surface area contributed by atoms with Gasteiger partial charge in [0.25, 0.3) is 5.92 Å². The maximum atomic E-state index is 14.3. The van der Waals surface area contributed by atoms with Gasteiger partial charge >= 0.3 is 0 Å². The van der Waals surface area contributed by atoms with Crippen molar-refractivity contribution >= 4 is 0 Å². The van der Waals surface area contributed by atoms with Gasteiger partial charge < -0.3 is 20.3 Å². The summed E-state index contributed by atoms with van der Waals surface area (Å²) in [7, 11) is 1.37. The first kappa shape index (κ1) is 15.9. The Kier molecular flexibility index (Phi) is 4.97. The molecule has 0 unspecified atom stereocenters. The van der Waals surface area contributed by atoms with Crippen LogP contribution in [0.15, 0.2) is 18.2 Å². The van der Waals surface area contributed by atoms with E-state index in [0.29, 0.717) is 26.2 Å². The van der Waals surface area contributed by atoms with Crippen molar-refractivity contribution < 1.29 is 23.7 Å². The van der Waals surface area contributed by atoms with Gasteiger partial charge in [-0.25, -0.2) is 8.78 Å². The molecule has 7 heteroatoms. The summed E-state index contributed by atoms with van der Waals surface area (Å²) in [5, 5.41) is 22.2.